The normalized spacial score (nSPS) is 12.3. The summed E-state index contributed by atoms with van der Waals surface area (Å²) in [6.07, 6.45) is -0.572. The molecule has 0 amide bonds. The highest BCUT2D eigenvalue weighted by atomic mass is 16.5. The second kappa shape index (κ2) is 10.0. The summed E-state index contributed by atoms with van der Waals surface area (Å²) in [7, 11) is 3.26. The molecule has 0 bridgehead atoms. The molecule has 2 rings (SSSR count). The van der Waals surface area contributed by atoms with Crippen LogP contribution < -0.4 is 14.2 Å². The summed E-state index contributed by atoms with van der Waals surface area (Å²) in [4.78, 5) is 2.21. The number of aliphatic hydroxyl groups excluding tert-OH is 1. The summed E-state index contributed by atoms with van der Waals surface area (Å²) >= 11 is 0. The van der Waals surface area contributed by atoms with Crippen LogP contribution in [0.4, 0.5) is 0 Å². The summed E-state index contributed by atoms with van der Waals surface area (Å²) < 4.78 is 16.3. The minimum atomic E-state index is -0.572. The average molecular weight is 359 g/mol. The van der Waals surface area contributed by atoms with Gasteiger partial charge in [0.2, 0.25) is 0 Å². The van der Waals surface area contributed by atoms with Gasteiger partial charge in [-0.15, -0.1) is 0 Å². The first-order chi connectivity index (χ1) is 12.5. The van der Waals surface area contributed by atoms with Crippen LogP contribution in [-0.2, 0) is 6.54 Å². The van der Waals surface area contributed by atoms with E-state index in [1.54, 1.807) is 14.2 Å². The fourth-order valence-corrected chi connectivity index (χ4v) is 2.70. The zero-order chi connectivity index (χ0) is 18.9. The molecule has 0 aliphatic heterocycles. The third-order valence-corrected chi connectivity index (χ3v) is 4.19. The average Bonchev–Trinajstić information content (AvgIpc) is 2.66. The van der Waals surface area contributed by atoms with Crippen LogP contribution in [0.25, 0.3) is 0 Å². The molecule has 0 heterocycles. The second-order valence-electron chi connectivity index (χ2n) is 6.49. The summed E-state index contributed by atoms with van der Waals surface area (Å²) in [6.45, 7) is 5.73. The Kier molecular flexibility index (Phi) is 7.75. The highest BCUT2D eigenvalue weighted by Crippen LogP contribution is 2.28. The lowest BCUT2D eigenvalue weighted by molar-refractivity contribution is 0.0543. The number of nitrogens with zero attached hydrogens (tertiary/aromatic N) is 1. The molecule has 5 nitrogen and oxygen atoms in total. The number of hydrogen-bond acceptors (Lipinski definition) is 5. The molecule has 0 aromatic heterocycles. The molecule has 0 spiro atoms. The molecular weight excluding hydrogens is 330 g/mol. The maximum absolute atomic E-state index is 10.4. The number of aliphatic hydroxyl groups is 1. The zero-order valence-electron chi connectivity index (χ0n) is 16.0. The van der Waals surface area contributed by atoms with Crippen molar-refractivity contribution in [3.05, 3.63) is 54.1 Å². The van der Waals surface area contributed by atoms with Crippen LogP contribution in [0.15, 0.2) is 48.5 Å². The topological polar surface area (TPSA) is 51.2 Å². The third kappa shape index (κ3) is 5.93. The van der Waals surface area contributed by atoms with E-state index in [4.69, 9.17) is 14.2 Å². The molecule has 0 radical (unpaired) electrons. The molecule has 0 saturated carbocycles. The Hall–Kier alpha value is -2.24. The lowest BCUT2D eigenvalue weighted by atomic mass is 10.1. The van der Waals surface area contributed by atoms with Gasteiger partial charge in [0, 0.05) is 19.1 Å². The van der Waals surface area contributed by atoms with Gasteiger partial charge in [-0.05, 0) is 43.7 Å². The van der Waals surface area contributed by atoms with Crippen molar-refractivity contribution in [2.45, 2.75) is 32.5 Å². The van der Waals surface area contributed by atoms with Crippen molar-refractivity contribution in [2.24, 2.45) is 0 Å². The van der Waals surface area contributed by atoms with Crippen LogP contribution in [0, 0.1) is 0 Å². The van der Waals surface area contributed by atoms with Crippen molar-refractivity contribution in [1.82, 2.24) is 4.90 Å². The highest BCUT2D eigenvalue weighted by molar-refractivity contribution is 5.42. The summed E-state index contributed by atoms with van der Waals surface area (Å²) in [5, 5.41) is 10.4. The van der Waals surface area contributed by atoms with E-state index in [-0.39, 0.29) is 12.6 Å². The predicted octanol–water partition coefficient (Wildman–Crippen LogP) is 3.35. The van der Waals surface area contributed by atoms with Gasteiger partial charge < -0.3 is 19.3 Å². The monoisotopic (exact) mass is 359 g/mol. The van der Waals surface area contributed by atoms with Gasteiger partial charge in [-0.2, -0.15) is 0 Å². The van der Waals surface area contributed by atoms with Gasteiger partial charge in [-0.3, -0.25) is 4.90 Å². The van der Waals surface area contributed by atoms with E-state index < -0.39 is 6.10 Å². The van der Waals surface area contributed by atoms with Crippen molar-refractivity contribution in [2.75, 3.05) is 27.4 Å². The number of benzene rings is 2. The Morgan fingerprint density at radius 3 is 2.27 bits per heavy atom. The molecule has 2 aromatic carbocycles. The molecule has 0 aliphatic carbocycles. The molecule has 1 unspecified atom stereocenters. The Morgan fingerprint density at radius 1 is 0.962 bits per heavy atom. The molecule has 2 aromatic rings. The number of para-hydroxylation sites is 1. The van der Waals surface area contributed by atoms with E-state index in [0.717, 1.165) is 11.3 Å². The quantitative estimate of drug-likeness (QED) is 0.705. The molecule has 0 fully saturated rings. The summed E-state index contributed by atoms with van der Waals surface area (Å²) in [5.41, 5.74) is 1.10. The van der Waals surface area contributed by atoms with Crippen molar-refractivity contribution >= 4 is 0 Å². The van der Waals surface area contributed by atoms with Gasteiger partial charge in [-0.25, -0.2) is 0 Å². The largest absolute Gasteiger partial charge is 0.493 e. The van der Waals surface area contributed by atoms with Crippen LogP contribution in [0.1, 0.15) is 19.4 Å². The lowest BCUT2D eigenvalue weighted by Gasteiger charge is -2.29. The minimum Gasteiger partial charge on any atom is -0.493 e. The minimum absolute atomic E-state index is 0.263. The first-order valence-electron chi connectivity index (χ1n) is 8.84. The fourth-order valence-electron chi connectivity index (χ4n) is 2.70. The van der Waals surface area contributed by atoms with Crippen LogP contribution in [-0.4, -0.2) is 49.5 Å². The molecule has 26 heavy (non-hydrogen) atoms. The molecule has 0 saturated heterocycles. The van der Waals surface area contributed by atoms with E-state index in [2.05, 4.69) is 18.7 Å². The SMILES string of the molecule is COc1ccc(CN(CC(O)COc2ccccc2)C(C)C)cc1OC. The van der Waals surface area contributed by atoms with Crippen LogP contribution in [0.2, 0.25) is 0 Å². The first kappa shape index (κ1) is 20.1. The van der Waals surface area contributed by atoms with Crippen LogP contribution in [0.3, 0.4) is 0 Å². The van der Waals surface area contributed by atoms with Crippen molar-refractivity contribution in [3.8, 4) is 17.2 Å². The lowest BCUT2D eigenvalue weighted by Crippen LogP contribution is -2.39. The van der Waals surface area contributed by atoms with E-state index in [1.807, 2.05) is 48.5 Å². The predicted molar refractivity (Wildman–Crippen MR) is 103 cm³/mol. The Bertz CT molecular complexity index is 660. The van der Waals surface area contributed by atoms with E-state index in [0.29, 0.717) is 24.6 Å². The fraction of sp³-hybridized carbons (Fsp3) is 0.429. The van der Waals surface area contributed by atoms with Crippen LogP contribution >= 0.6 is 0 Å². The summed E-state index contributed by atoms with van der Waals surface area (Å²) in [5.74, 6) is 2.19. The van der Waals surface area contributed by atoms with E-state index in [9.17, 15) is 5.11 Å². The smallest absolute Gasteiger partial charge is 0.161 e. The van der Waals surface area contributed by atoms with Crippen molar-refractivity contribution in [1.29, 1.82) is 0 Å². The zero-order valence-corrected chi connectivity index (χ0v) is 16.0. The molecule has 142 valence electrons. The van der Waals surface area contributed by atoms with Crippen molar-refractivity contribution in [3.63, 3.8) is 0 Å². The first-order valence-corrected chi connectivity index (χ1v) is 8.84. The maximum Gasteiger partial charge on any atom is 0.161 e. The Morgan fingerprint density at radius 2 is 1.65 bits per heavy atom. The number of ether oxygens (including phenoxy) is 3. The molecule has 1 N–H and O–H groups in total. The number of rotatable bonds is 10. The van der Waals surface area contributed by atoms with Gasteiger partial charge in [0.05, 0.1) is 14.2 Å². The maximum atomic E-state index is 10.4. The van der Waals surface area contributed by atoms with Gasteiger partial charge in [0.15, 0.2) is 11.5 Å². The summed E-state index contributed by atoms with van der Waals surface area (Å²) in [6, 6.07) is 15.7. The van der Waals surface area contributed by atoms with Crippen molar-refractivity contribution < 1.29 is 19.3 Å². The standard InChI is InChI=1S/C21H29NO4/c1-16(2)22(13-17-10-11-20(24-3)21(12-17)25-4)14-18(23)15-26-19-8-6-5-7-9-19/h5-12,16,18,23H,13-15H2,1-4H3. The number of methoxy groups -OCH3 is 2. The highest BCUT2D eigenvalue weighted by Gasteiger charge is 2.17. The van der Waals surface area contributed by atoms with Gasteiger partial charge in [-0.1, -0.05) is 24.3 Å². The third-order valence-electron chi connectivity index (χ3n) is 4.19. The van der Waals surface area contributed by atoms with Gasteiger partial charge in [0.25, 0.3) is 0 Å². The van der Waals surface area contributed by atoms with E-state index >= 15 is 0 Å². The molecule has 1 atom stereocenters. The molecular formula is C21H29NO4. The van der Waals surface area contributed by atoms with Gasteiger partial charge in [0.1, 0.15) is 18.5 Å². The Labute approximate surface area is 156 Å². The molecule has 0 aliphatic rings. The Balaban J connectivity index is 1.95. The number of hydrogen-bond donors (Lipinski definition) is 1. The van der Waals surface area contributed by atoms with E-state index in [1.165, 1.54) is 0 Å². The second-order valence-corrected chi connectivity index (χ2v) is 6.49. The van der Waals surface area contributed by atoms with Gasteiger partial charge >= 0.3 is 0 Å². The van der Waals surface area contributed by atoms with Crippen LogP contribution in [0.5, 0.6) is 17.2 Å². The molecule has 5 heteroatoms.